The molecule has 5 nitrogen and oxygen atoms in total. The minimum absolute atomic E-state index is 0. The lowest BCUT2D eigenvalue weighted by atomic mass is 10.2. The Hall–Kier alpha value is -0.560. The summed E-state index contributed by atoms with van der Waals surface area (Å²) in [6.07, 6.45) is 2.02. The number of hydrogen-bond donors (Lipinski definition) is 3. The van der Waals surface area contributed by atoms with Crippen molar-refractivity contribution in [2.45, 2.75) is 19.4 Å². The molecule has 0 radical (unpaired) electrons. The van der Waals surface area contributed by atoms with Gasteiger partial charge in [-0.3, -0.25) is 9.59 Å². The highest BCUT2D eigenvalue weighted by molar-refractivity contribution is 9.10. The van der Waals surface area contributed by atoms with Gasteiger partial charge in [0.25, 0.3) is 5.56 Å². The fraction of sp³-hybridized carbons (Fsp3) is 0.333. The van der Waals surface area contributed by atoms with Crippen LogP contribution in [0.2, 0.25) is 0 Å². The number of aromatic nitrogens is 1. The second-order valence-electron chi connectivity index (χ2n) is 3.06. The van der Waals surface area contributed by atoms with Gasteiger partial charge in [-0.25, -0.2) is 0 Å². The average molecular weight is 347 g/mol. The maximum Gasteiger partial charge on any atom is 0.271 e. The lowest BCUT2D eigenvalue weighted by Crippen LogP contribution is -2.36. The SMILES string of the molecule is CC[C@H](N)C(=O)Nc1cc(Br)c[nH]c1=O.Cl.Cl. The number of aromatic amines is 1. The normalized spacial score (nSPS) is 10.8. The van der Waals surface area contributed by atoms with Crippen LogP contribution in [0.15, 0.2) is 21.5 Å². The summed E-state index contributed by atoms with van der Waals surface area (Å²) in [7, 11) is 0. The van der Waals surface area contributed by atoms with Gasteiger partial charge in [-0.2, -0.15) is 0 Å². The maximum absolute atomic E-state index is 11.4. The average Bonchev–Trinajstić information content (AvgIpc) is 2.22. The van der Waals surface area contributed by atoms with Crippen molar-refractivity contribution >= 4 is 52.3 Å². The van der Waals surface area contributed by atoms with E-state index < -0.39 is 6.04 Å². The third-order valence-electron chi connectivity index (χ3n) is 1.90. The highest BCUT2D eigenvalue weighted by atomic mass is 79.9. The molecule has 0 aromatic carbocycles. The number of anilines is 1. The molecule has 0 aliphatic carbocycles. The summed E-state index contributed by atoms with van der Waals surface area (Å²) in [4.78, 5) is 25.2. The zero-order valence-electron chi connectivity index (χ0n) is 9.03. The molecular formula is C9H14BrCl2N3O2. The first-order valence-corrected chi connectivity index (χ1v) is 5.28. The van der Waals surface area contributed by atoms with Crippen LogP contribution in [0, 0.1) is 0 Å². The summed E-state index contributed by atoms with van der Waals surface area (Å²) in [5.41, 5.74) is 5.36. The topological polar surface area (TPSA) is 88.0 Å². The summed E-state index contributed by atoms with van der Waals surface area (Å²) in [6, 6.07) is 0.933. The molecule has 0 unspecified atom stereocenters. The van der Waals surface area contributed by atoms with Crippen molar-refractivity contribution in [3.05, 3.63) is 27.1 Å². The largest absolute Gasteiger partial charge is 0.326 e. The van der Waals surface area contributed by atoms with E-state index >= 15 is 0 Å². The highest BCUT2D eigenvalue weighted by Crippen LogP contribution is 2.10. The molecule has 0 saturated carbocycles. The Labute approximate surface area is 119 Å². The summed E-state index contributed by atoms with van der Waals surface area (Å²) >= 11 is 3.19. The van der Waals surface area contributed by atoms with Gasteiger partial charge >= 0.3 is 0 Å². The number of rotatable bonds is 3. The zero-order valence-corrected chi connectivity index (χ0v) is 12.2. The molecule has 8 heteroatoms. The van der Waals surface area contributed by atoms with E-state index in [0.717, 1.165) is 0 Å². The van der Waals surface area contributed by atoms with Crippen molar-refractivity contribution in [2.75, 3.05) is 5.32 Å². The van der Waals surface area contributed by atoms with E-state index in [4.69, 9.17) is 5.73 Å². The van der Waals surface area contributed by atoms with Gasteiger partial charge in [0.05, 0.1) is 6.04 Å². The molecule has 1 atom stereocenters. The minimum Gasteiger partial charge on any atom is -0.326 e. The van der Waals surface area contributed by atoms with Crippen LogP contribution in [0.3, 0.4) is 0 Å². The van der Waals surface area contributed by atoms with Gasteiger partial charge in [0.15, 0.2) is 0 Å². The number of amides is 1. The molecular weight excluding hydrogens is 333 g/mol. The molecule has 1 rings (SSSR count). The van der Waals surface area contributed by atoms with Crippen molar-refractivity contribution in [3.63, 3.8) is 0 Å². The summed E-state index contributed by atoms with van der Waals surface area (Å²) < 4.78 is 0.683. The molecule has 0 aliphatic heterocycles. The van der Waals surface area contributed by atoms with Crippen LogP contribution in [-0.2, 0) is 4.79 Å². The standard InChI is InChI=1S/C9H12BrN3O2.2ClH/c1-2-6(11)8(14)13-7-3-5(10)4-12-9(7)15;;/h3-4,6H,2,11H2,1H3,(H,12,15)(H,13,14);2*1H/t6-;;/m0../s1. The molecule has 0 aliphatic rings. The van der Waals surface area contributed by atoms with Crippen molar-refractivity contribution < 1.29 is 4.79 Å². The molecule has 1 heterocycles. The first-order valence-electron chi connectivity index (χ1n) is 4.49. The highest BCUT2D eigenvalue weighted by Gasteiger charge is 2.12. The molecule has 4 N–H and O–H groups in total. The Bertz CT molecular complexity index is 425. The Morgan fingerprint density at radius 1 is 1.59 bits per heavy atom. The molecule has 1 aromatic heterocycles. The van der Waals surface area contributed by atoms with Crippen LogP contribution >= 0.6 is 40.7 Å². The van der Waals surface area contributed by atoms with Crippen LogP contribution in [0.1, 0.15) is 13.3 Å². The monoisotopic (exact) mass is 345 g/mol. The number of carbonyl (C=O) groups excluding carboxylic acids is 1. The predicted molar refractivity (Wildman–Crippen MR) is 76.2 cm³/mol. The van der Waals surface area contributed by atoms with Crippen molar-refractivity contribution in [3.8, 4) is 0 Å². The van der Waals surface area contributed by atoms with Gasteiger partial charge in [0, 0.05) is 10.7 Å². The molecule has 0 spiro atoms. The summed E-state index contributed by atoms with van der Waals surface area (Å²) in [5.74, 6) is -0.360. The van der Waals surface area contributed by atoms with E-state index in [2.05, 4.69) is 26.2 Å². The smallest absolute Gasteiger partial charge is 0.271 e. The van der Waals surface area contributed by atoms with E-state index in [1.165, 1.54) is 12.3 Å². The van der Waals surface area contributed by atoms with Gasteiger partial charge in [0.2, 0.25) is 5.91 Å². The van der Waals surface area contributed by atoms with E-state index in [0.29, 0.717) is 10.9 Å². The van der Waals surface area contributed by atoms with Crippen LogP contribution < -0.4 is 16.6 Å². The van der Waals surface area contributed by atoms with Gasteiger partial charge in [-0.05, 0) is 28.4 Å². The van der Waals surface area contributed by atoms with Crippen molar-refractivity contribution in [1.82, 2.24) is 4.98 Å². The molecule has 17 heavy (non-hydrogen) atoms. The quantitative estimate of drug-likeness (QED) is 0.777. The summed E-state index contributed by atoms with van der Waals surface area (Å²) in [5, 5.41) is 2.46. The fourth-order valence-electron chi connectivity index (χ4n) is 0.961. The van der Waals surface area contributed by atoms with Gasteiger partial charge in [-0.1, -0.05) is 6.92 Å². The predicted octanol–water partition coefficient (Wildman–Crippen LogP) is 1.66. The third kappa shape index (κ3) is 5.54. The third-order valence-corrected chi connectivity index (χ3v) is 2.36. The lowest BCUT2D eigenvalue weighted by molar-refractivity contribution is -0.117. The Morgan fingerprint density at radius 2 is 2.18 bits per heavy atom. The van der Waals surface area contributed by atoms with E-state index in [1.54, 1.807) is 6.92 Å². The number of carbonyl (C=O) groups is 1. The van der Waals surface area contributed by atoms with Gasteiger partial charge in [0.1, 0.15) is 5.69 Å². The molecule has 1 aromatic rings. The fourth-order valence-corrected chi connectivity index (χ4v) is 1.30. The van der Waals surface area contributed by atoms with E-state index in [1.807, 2.05) is 0 Å². The van der Waals surface area contributed by atoms with Gasteiger partial charge < -0.3 is 16.0 Å². The van der Waals surface area contributed by atoms with Crippen LogP contribution in [-0.4, -0.2) is 16.9 Å². The molecule has 98 valence electrons. The lowest BCUT2D eigenvalue weighted by Gasteiger charge is -2.09. The number of halogens is 3. The maximum atomic E-state index is 11.4. The zero-order chi connectivity index (χ0) is 11.4. The van der Waals surface area contributed by atoms with Crippen molar-refractivity contribution in [1.29, 1.82) is 0 Å². The van der Waals surface area contributed by atoms with Crippen molar-refractivity contribution in [2.24, 2.45) is 5.73 Å². The number of nitrogens with two attached hydrogens (primary N) is 1. The Kier molecular flexibility index (Phi) is 9.42. The Balaban J connectivity index is 0. The first kappa shape index (κ1) is 18.8. The number of H-pyrrole nitrogens is 1. The Morgan fingerprint density at radius 3 is 2.71 bits per heavy atom. The molecule has 0 fully saturated rings. The van der Waals surface area contributed by atoms with E-state index in [9.17, 15) is 9.59 Å². The van der Waals surface area contributed by atoms with Gasteiger partial charge in [-0.15, -0.1) is 24.8 Å². The minimum atomic E-state index is -0.594. The molecule has 0 saturated heterocycles. The van der Waals surface area contributed by atoms with Crippen LogP contribution in [0.25, 0.3) is 0 Å². The van der Waals surface area contributed by atoms with E-state index in [-0.39, 0.29) is 42.0 Å². The second kappa shape index (κ2) is 8.52. The number of hydrogen-bond acceptors (Lipinski definition) is 3. The second-order valence-corrected chi connectivity index (χ2v) is 3.98. The number of nitrogens with one attached hydrogen (secondary N) is 2. The number of pyridine rings is 1. The van der Waals surface area contributed by atoms with Crippen LogP contribution in [0.4, 0.5) is 5.69 Å². The molecule has 0 bridgehead atoms. The first-order chi connectivity index (χ1) is 7.04. The summed E-state index contributed by atoms with van der Waals surface area (Å²) in [6.45, 7) is 1.80. The molecule has 1 amide bonds. The van der Waals surface area contributed by atoms with Crippen LogP contribution in [0.5, 0.6) is 0 Å².